The van der Waals surface area contributed by atoms with Crippen molar-refractivity contribution >= 4 is 5.69 Å². The van der Waals surface area contributed by atoms with Crippen molar-refractivity contribution in [3.63, 3.8) is 0 Å². The van der Waals surface area contributed by atoms with E-state index in [9.17, 15) is 0 Å². The number of pyridine rings is 1. The van der Waals surface area contributed by atoms with Crippen LogP contribution in [0, 0.1) is 0 Å². The molecule has 2 aromatic rings. The highest BCUT2D eigenvalue weighted by molar-refractivity contribution is 5.47. The van der Waals surface area contributed by atoms with E-state index in [4.69, 9.17) is 5.11 Å². The van der Waals surface area contributed by atoms with E-state index in [1.807, 2.05) is 43.7 Å². The molecule has 0 aliphatic heterocycles. The fraction of sp³-hybridized carbons (Fsp3) is 0.214. The third-order valence-electron chi connectivity index (χ3n) is 2.75. The molecule has 0 radical (unpaired) electrons. The maximum absolute atomic E-state index is 9.01. The predicted octanol–water partition coefficient (Wildman–Crippen LogP) is 2.06. The number of aromatic nitrogens is 1. The van der Waals surface area contributed by atoms with Crippen LogP contribution in [-0.4, -0.2) is 23.9 Å². The monoisotopic (exact) mass is 228 g/mol. The van der Waals surface area contributed by atoms with E-state index in [1.165, 1.54) is 11.1 Å². The van der Waals surface area contributed by atoms with Crippen molar-refractivity contribution in [2.24, 2.45) is 0 Å². The van der Waals surface area contributed by atoms with Gasteiger partial charge in [-0.15, -0.1) is 0 Å². The van der Waals surface area contributed by atoms with Crippen molar-refractivity contribution in [1.29, 1.82) is 0 Å². The van der Waals surface area contributed by atoms with Crippen LogP contribution in [0.15, 0.2) is 48.8 Å². The molecular formula is C14H16N2O. The molecule has 3 heteroatoms. The molecule has 0 spiro atoms. The van der Waals surface area contributed by atoms with Crippen LogP contribution in [0.1, 0.15) is 11.1 Å². The maximum Gasteiger partial charge on any atom is 0.115 e. The molecular weight excluding hydrogens is 212 g/mol. The molecule has 0 atom stereocenters. The van der Waals surface area contributed by atoms with Crippen molar-refractivity contribution in [1.82, 2.24) is 4.98 Å². The fourth-order valence-corrected chi connectivity index (χ4v) is 1.69. The van der Waals surface area contributed by atoms with Gasteiger partial charge in [-0.05, 0) is 41.8 Å². The van der Waals surface area contributed by atoms with Gasteiger partial charge in [0.1, 0.15) is 6.73 Å². The van der Waals surface area contributed by atoms with Crippen molar-refractivity contribution in [3.05, 3.63) is 59.9 Å². The summed E-state index contributed by atoms with van der Waals surface area (Å²) in [5, 5.41) is 9.01. The normalized spacial score (nSPS) is 10.2. The first kappa shape index (κ1) is 11.6. The second kappa shape index (κ2) is 5.46. The first-order valence-electron chi connectivity index (χ1n) is 5.59. The van der Waals surface area contributed by atoms with Crippen LogP contribution in [0.3, 0.4) is 0 Å². The summed E-state index contributed by atoms with van der Waals surface area (Å²) >= 11 is 0. The molecule has 0 fully saturated rings. The van der Waals surface area contributed by atoms with Gasteiger partial charge in [0, 0.05) is 25.1 Å². The Morgan fingerprint density at radius 1 is 1.00 bits per heavy atom. The molecule has 1 N–H and O–H groups in total. The number of aliphatic hydroxyl groups is 1. The molecule has 0 aliphatic carbocycles. The van der Waals surface area contributed by atoms with Gasteiger partial charge in [-0.3, -0.25) is 4.98 Å². The molecule has 0 bridgehead atoms. The zero-order valence-electron chi connectivity index (χ0n) is 9.87. The first-order valence-corrected chi connectivity index (χ1v) is 5.59. The van der Waals surface area contributed by atoms with Gasteiger partial charge in [-0.1, -0.05) is 12.1 Å². The smallest absolute Gasteiger partial charge is 0.115 e. The number of nitrogens with zero attached hydrogens (tertiary/aromatic N) is 2. The molecule has 0 unspecified atom stereocenters. The van der Waals surface area contributed by atoms with Crippen LogP contribution in [0.2, 0.25) is 0 Å². The van der Waals surface area contributed by atoms with E-state index in [0.717, 1.165) is 12.1 Å². The lowest BCUT2D eigenvalue weighted by Gasteiger charge is -2.15. The third-order valence-corrected chi connectivity index (χ3v) is 2.75. The Kier molecular flexibility index (Phi) is 3.73. The second-order valence-corrected chi connectivity index (χ2v) is 4.04. The minimum absolute atomic E-state index is 0.0314. The lowest BCUT2D eigenvalue weighted by atomic mass is 10.1. The summed E-state index contributed by atoms with van der Waals surface area (Å²) in [5.74, 6) is 0. The molecule has 0 saturated carbocycles. The zero-order chi connectivity index (χ0) is 12.1. The summed E-state index contributed by atoms with van der Waals surface area (Å²) in [6.07, 6.45) is 4.53. The quantitative estimate of drug-likeness (QED) is 0.814. The van der Waals surface area contributed by atoms with Gasteiger partial charge in [-0.25, -0.2) is 0 Å². The van der Waals surface area contributed by atoms with E-state index in [-0.39, 0.29) is 6.73 Å². The number of hydrogen-bond donors (Lipinski definition) is 1. The highest BCUT2D eigenvalue weighted by atomic mass is 16.3. The van der Waals surface area contributed by atoms with Gasteiger partial charge < -0.3 is 10.0 Å². The number of anilines is 1. The summed E-state index contributed by atoms with van der Waals surface area (Å²) in [6, 6.07) is 12.3. The number of rotatable bonds is 4. The zero-order valence-corrected chi connectivity index (χ0v) is 9.87. The molecule has 88 valence electrons. The minimum atomic E-state index is 0.0314. The van der Waals surface area contributed by atoms with E-state index >= 15 is 0 Å². The summed E-state index contributed by atoms with van der Waals surface area (Å²) in [4.78, 5) is 5.79. The Balaban J connectivity index is 2.08. The average Bonchev–Trinajstić information content (AvgIpc) is 2.40. The summed E-state index contributed by atoms with van der Waals surface area (Å²) in [5.41, 5.74) is 3.53. The van der Waals surface area contributed by atoms with Crippen molar-refractivity contribution in [2.75, 3.05) is 18.7 Å². The highest BCUT2D eigenvalue weighted by Gasteiger charge is 1.99. The lowest BCUT2D eigenvalue weighted by Crippen LogP contribution is -2.17. The molecule has 1 heterocycles. The highest BCUT2D eigenvalue weighted by Crippen LogP contribution is 2.15. The molecule has 1 aromatic heterocycles. The minimum Gasteiger partial charge on any atom is -0.376 e. The molecule has 3 nitrogen and oxygen atoms in total. The van der Waals surface area contributed by atoms with Crippen LogP contribution in [-0.2, 0) is 6.42 Å². The van der Waals surface area contributed by atoms with Crippen LogP contribution >= 0.6 is 0 Å². The van der Waals surface area contributed by atoms with Gasteiger partial charge in [-0.2, -0.15) is 0 Å². The number of hydrogen-bond acceptors (Lipinski definition) is 3. The van der Waals surface area contributed by atoms with Crippen molar-refractivity contribution < 1.29 is 5.11 Å². The summed E-state index contributed by atoms with van der Waals surface area (Å²) in [7, 11) is 1.86. The van der Waals surface area contributed by atoms with Crippen molar-refractivity contribution in [2.45, 2.75) is 6.42 Å². The van der Waals surface area contributed by atoms with E-state index in [2.05, 4.69) is 17.1 Å². The third kappa shape index (κ3) is 3.04. The summed E-state index contributed by atoms with van der Waals surface area (Å²) in [6.45, 7) is 0.0314. The summed E-state index contributed by atoms with van der Waals surface area (Å²) < 4.78 is 0. The number of aliphatic hydroxyl groups excluding tert-OH is 1. The van der Waals surface area contributed by atoms with Gasteiger partial charge in [0.25, 0.3) is 0 Å². The van der Waals surface area contributed by atoms with Crippen LogP contribution in [0.4, 0.5) is 5.69 Å². The first-order chi connectivity index (χ1) is 8.29. The van der Waals surface area contributed by atoms with Crippen LogP contribution < -0.4 is 4.90 Å². The van der Waals surface area contributed by atoms with Gasteiger partial charge in [0.05, 0.1) is 0 Å². The standard InChI is InChI=1S/C14H16N2O/c1-16(11-17)14-4-2-12(3-5-14)10-13-6-8-15-9-7-13/h2-9,17H,10-11H2,1H3. The molecule has 0 amide bonds. The maximum atomic E-state index is 9.01. The van der Waals surface area contributed by atoms with Crippen LogP contribution in [0.5, 0.6) is 0 Å². The Bertz CT molecular complexity index is 453. The molecule has 0 aliphatic rings. The Morgan fingerprint density at radius 3 is 2.18 bits per heavy atom. The Labute approximate surface area is 101 Å². The van der Waals surface area contributed by atoms with Gasteiger partial charge in [0.2, 0.25) is 0 Å². The van der Waals surface area contributed by atoms with Gasteiger partial charge >= 0.3 is 0 Å². The topological polar surface area (TPSA) is 36.4 Å². The van der Waals surface area contributed by atoms with Crippen molar-refractivity contribution in [3.8, 4) is 0 Å². The molecule has 0 saturated heterocycles. The van der Waals surface area contributed by atoms with Crippen LogP contribution in [0.25, 0.3) is 0 Å². The molecule has 1 aromatic carbocycles. The Morgan fingerprint density at radius 2 is 1.59 bits per heavy atom. The fourth-order valence-electron chi connectivity index (χ4n) is 1.69. The van der Waals surface area contributed by atoms with E-state index in [0.29, 0.717) is 0 Å². The largest absolute Gasteiger partial charge is 0.376 e. The predicted molar refractivity (Wildman–Crippen MR) is 69.0 cm³/mol. The second-order valence-electron chi connectivity index (χ2n) is 4.04. The van der Waals surface area contributed by atoms with E-state index in [1.54, 1.807) is 4.90 Å². The average molecular weight is 228 g/mol. The Hall–Kier alpha value is -1.87. The SMILES string of the molecule is CN(CO)c1ccc(Cc2ccncc2)cc1. The lowest BCUT2D eigenvalue weighted by molar-refractivity contribution is 0.298. The molecule has 2 rings (SSSR count). The number of benzene rings is 1. The molecule has 17 heavy (non-hydrogen) atoms. The van der Waals surface area contributed by atoms with Gasteiger partial charge in [0.15, 0.2) is 0 Å². The van der Waals surface area contributed by atoms with E-state index < -0.39 is 0 Å².